The summed E-state index contributed by atoms with van der Waals surface area (Å²) in [5.41, 5.74) is 0.328. The zero-order chi connectivity index (χ0) is 23.1. The standard InChI is InChI=1S/C20H21Cl2N3O6/c1-11(26)17(24-23-12-9-10-13(28-2)16(21)19(12)31-5)20(27)25(22)18-14(29-3)7-6-8-15(18)30-4/h6-10,17H,1-5H3. The van der Waals surface area contributed by atoms with Gasteiger partial charge in [-0.05, 0) is 31.2 Å². The van der Waals surface area contributed by atoms with Crippen LogP contribution in [0, 0.1) is 0 Å². The summed E-state index contributed by atoms with van der Waals surface area (Å²) in [7, 11) is 5.67. The lowest BCUT2D eigenvalue weighted by atomic mass is 10.2. The van der Waals surface area contributed by atoms with Crippen LogP contribution in [-0.2, 0) is 9.59 Å². The van der Waals surface area contributed by atoms with Crippen molar-refractivity contribution in [2.24, 2.45) is 10.2 Å². The van der Waals surface area contributed by atoms with Crippen LogP contribution in [-0.4, -0.2) is 46.2 Å². The van der Waals surface area contributed by atoms with Gasteiger partial charge in [-0.1, -0.05) is 17.7 Å². The fourth-order valence-electron chi connectivity index (χ4n) is 2.63. The molecule has 0 N–H and O–H groups in total. The zero-order valence-corrected chi connectivity index (χ0v) is 19.0. The van der Waals surface area contributed by atoms with Crippen LogP contribution in [0.4, 0.5) is 11.4 Å². The van der Waals surface area contributed by atoms with Gasteiger partial charge in [0.25, 0.3) is 5.91 Å². The lowest BCUT2D eigenvalue weighted by Crippen LogP contribution is -2.36. The summed E-state index contributed by atoms with van der Waals surface area (Å²) in [5, 5.41) is 8.05. The fraction of sp³-hybridized carbons (Fsp3) is 0.300. The molecule has 1 unspecified atom stereocenters. The fourth-order valence-corrected chi connectivity index (χ4v) is 3.20. The number of rotatable bonds is 9. The van der Waals surface area contributed by atoms with E-state index in [0.29, 0.717) is 5.75 Å². The van der Waals surface area contributed by atoms with Crippen LogP contribution in [0.25, 0.3) is 0 Å². The van der Waals surface area contributed by atoms with E-state index in [1.165, 1.54) is 41.4 Å². The first-order chi connectivity index (χ1) is 14.8. The van der Waals surface area contributed by atoms with Crippen LogP contribution < -0.4 is 23.4 Å². The molecule has 2 rings (SSSR count). The second-order valence-electron chi connectivity index (χ2n) is 5.99. The molecule has 166 valence electrons. The summed E-state index contributed by atoms with van der Waals surface area (Å²) in [4.78, 5) is 25.2. The number of amides is 1. The van der Waals surface area contributed by atoms with Crippen molar-refractivity contribution in [1.82, 2.24) is 0 Å². The van der Waals surface area contributed by atoms with Crippen LogP contribution in [0.3, 0.4) is 0 Å². The van der Waals surface area contributed by atoms with Gasteiger partial charge in [0, 0.05) is 11.8 Å². The predicted molar refractivity (Wildman–Crippen MR) is 116 cm³/mol. The number of para-hydroxylation sites is 1. The average Bonchev–Trinajstić information content (AvgIpc) is 2.77. The Bertz CT molecular complexity index is 977. The third kappa shape index (κ3) is 5.18. The molecular formula is C20H21Cl2N3O6. The van der Waals surface area contributed by atoms with E-state index >= 15 is 0 Å². The smallest absolute Gasteiger partial charge is 0.276 e. The Morgan fingerprint density at radius 3 is 2.00 bits per heavy atom. The van der Waals surface area contributed by atoms with Gasteiger partial charge >= 0.3 is 0 Å². The zero-order valence-electron chi connectivity index (χ0n) is 17.5. The van der Waals surface area contributed by atoms with Gasteiger partial charge in [0.15, 0.2) is 11.5 Å². The van der Waals surface area contributed by atoms with Crippen molar-refractivity contribution >= 4 is 46.4 Å². The summed E-state index contributed by atoms with van der Waals surface area (Å²) in [6.07, 6.45) is 0. The van der Waals surface area contributed by atoms with Crippen LogP contribution in [0.5, 0.6) is 23.0 Å². The predicted octanol–water partition coefficient (Wildman–Crippen LogP) is 4.60. The first kappa shape index (κ1) is 24.2. The molecule has 2 aromatic carbocycles. The highest BCUT2D eigenvalue weighted by Gasteiger charge is 2.32. The van der Waals surface area contributed by atoms with E-state index in [1.807, 2.05) is 0 Å². The minimum Gasteiger partial charge on any atom is -0.495 e. The number of halogens is 2. The van der Waals surface area contributed by atoms with Crippen molar-refractivity contribution in [3.05, 3.63) is 35.4 Å². The normalized spacial score (nSPS) is 11.7. The second kappa shape index (κ2) is 10.8. The van der Waals surface area contributed by atoms with E-state index < -0.39 is 17.7 Å². The largest absolute Gasteiger partial charge is 0.495 e. The van der Waals surface area contributed by atoms with Crippen LogP contribution >= 0.6 is 23.4 Å². The van der Waals surface area contributed by atoms with Crippen molar-refractivity contribution < 1.29 is 28.5 Å². The Labute approximate surface area is 189 Å². The molecular weight excluding hydrogens is 449 g/mol. The van der Waals surface area contributed by atoms with Crippen molar-refractivity contribution in [3.8, 4) is 23.0 Å². The van der Waals surface area contributed by atoms with E-state index in [9.17, 15) is 9.59 Å². The van der Waals surface area contributed by atoms with Crippen molar-refractivity contribution in [1.29, 1.82) is 0 Å². The van der Waals surface area contributed by atoms with Gasteiger partial charge in [-0.3, -0.25) is 9.59 Å². The average molecular weight is 470 g/mol. The van der Waals surface area contributed by atoms with Crippen LogP contribution in [0.2, 0.25) is 5.02 Å². The third-order valence-electron chi connectivity index (χ3n) is 4.16. The maximum atomic E-state index is 13.0. The molecule has 0 aliphatic heterocycles. The number of methoxy groups -OCH3 is 4. The lowest BCUT2D eigenvalue weighted by molar-refractivity contribution is -0.126. The van der Waals surface area contributed by atoms with Crippen molar-refractivity contribution in [3.63, 3.8) is 0 Å². The highest BCUT2D eigenvalue weighted by Crippen LogP contribution is 2.42. The maximum Gasteiger partial charge on any atom is 0.276 e. The number of benzene rings is 2. The maximum absolute atomic E-state index is 13.0. The first-order valence-electron chi connectivity index (χ1n) is 8.83. The summed E-state index contributed by atoms with van der Waals surface area (Å²) < 4.78 is 21.6. The molecule has 0 saturated carbocycles. The van der Waals surface area contributed by atoms with E-state index in [1.54, 1.807) is 24.3 Å². The number of hydrogen-bond donors (Lipinski definition) is 0. The van der Waals surface area contributed by atoms with E-state index in [0.717, 1.165) is 4.42 Å². The van der Waals surface area contributed by atoms with Crippen molar-refractivity contribution in [2.45, 2.75) is 13.0 Å². The number of ether oxygens (including phenoxy) is 4. The van der Waals surface area contributed by atoms with Gasteiger partial charge in [0.1, 0.15) is 33.6 Å². The summed E-state index contributed by atoms with van der Waals surface area (Å²) in [6.45, 7) is 1.20. The Kier molecular flexibility index (Phi) is 8.47. The van der Waals surface area contributed by atoms with E-state index in [2.05, 4.69) is 10.2 Å². The van der Waals surface area contributed by atoms with Crippen LogP contribution in [0.15, 0.2) is 40.6 Å². The Morgan fingerprint density at radius 2 is 1.52 bits per heavy atom. The molecule has 0 bridgehead atoms. The summed E-state index contributed by atoms with van der Waals surface area (Å²) in [6, 6.07) is 6.40. The molecule has 2 aromatic rings. The quantitative estimate of drug-likeness (QED) is 0.302. The minimum atomic E-state index is -1.53. The topological polar surface area (TPSA) is 99.0 Å². The van der Waals surface area contributed by atoms with Gasteiger partial charge in [-0.2, -0.15) is 10.2 Å². The molecule has 0 fully saturated rings. The van der Waals surface area contributed by atoms with Gasteiger partial charge in [0.05, 0.1) is 28.4 Å². The first-order valence-corrected chi connectivity index (χ1v) is 9.54. The Morgan fingerprint density at radius 1 is 0.935 bits per heavy atom. The molecule has 9 nitrogen and oxygen atoms in total. The molecule has 0 aromatic heterocycles. The monoisotopic (exact) mass is 469 g/mol. The molecule has 0 heterocycles. The second-order valence-corrected chi connectivity index (χ2v) is 6.71. The minimum absolute atomic E-state index is 0.130. The summed E-state index contributed by atoms with van der Waals surface area (Å²) in [5.74, 6) is -0.345. The lowest BCUT2D eigenvalue weighted by Gasteiger charge is -2.21. The highest BCUT2D eigenvalue weighted by molar-refractivity contribution is 6.40. The number of azo groups is 1. The Balaban J connectivity index is 2.43. The number of nitrogens with zero attached hydrogens (tertiary/aromatic N) is 3. The SMILES string of the molecule is COc1ccc(N=NC(C(C)=O)C(=O)N(Cl)c2c(OC)cccc2OC)c(OC)c1Cl. The molecule has 0 spiro atoms. The number of Topliss-reactive ketones (excluding diaryl/α,β-unsaturated/α-hetero) is 1. The van der Waals surface area contributed by atoms with Crippen LogP contribution in [0.1, 0.15) is 6.92 Å². The highest BCUT2D eigenvalue weighted by atomic mass is 35.5. The van der Waals surface area contributed by atoms with Gasteiger partial charge in [0.2, 0.25) is 6.04 Å². The van der Waals surface area contributed by atoms with Gasteiger partial charge in [-0.15, -0.1) is 0 Å². The third-order valence-corrected chi connectivity index (χ3v) is 4.85. The molecule has 1 amide bonds. The van der Waals surface area contributed by atoms with Gasteiger partial charge < -0.3 is 18.9 Å². The molecule has 0 aliphatic rings. The van der Waals surface area contributed by atoms with Gasteiger partial charge in [-0.25, -0.2) is 4.42 Å². The Hall–Kier alpha value is -3.04. The summed E-state index contributed by atoms with van der Waals surface area (Å²) >= 11 is 12.5. The molecule has 0 radical (unpaired) electrons. The number of hydrogen-bond acceptors (Lipinski definition) is 8. The molecule has 0 aliphatic carbocycles. The van der Waals surface area contributed by atoms with E-state index in [4.69, 9.17) is 42.3 Å². The van der Waals surface area contributed by atoms with E-state index in [-0.39, 0.29) is 33.6 Å². The molecule has 1 atom stereocenters. The van der Waals surface area contributed by atoms with Crippen molar-refractivity contribution in [2.75, 3.05) is 32.9 Å². The molecule has 0 saturated heterocycles. The number of ketones is 1. The number of carbonyl (C=O) groups is 2. The molecule has 11 heteroatoms. The number of anilines is 1. The molecule has 31 heavy (non-hydrogen) atoms. The number of carbonyl (C=O) groups excluding carboxylic acids is 2.